The Labute approximate surface area is 340 Å². The van der Waals surface area contributed by atoms with Gasteiger partial charge in [0.2, 0.25) is 0 Å². The van der Waals surface area contributed by atoms with Crippen molar-refractivity contribution in [2.75, 3.05) is 0 Å². The molecule has 1 saturated carbocycles. The second kappa shape index (κ2) is 14.2. The second-order valence-electron chi connectivity index (χ2n) is 16.0. The Morgan fingerprint density at radius 3 is 1.55 bits per heavy atom. The van der Waals surface area contributed by atoms with Crippen LogP contribution in [0.2, 0.25) is 0 Å². The Bertz CT molecular complexity index is 2960. The van der Waals surface area contributed by atoms with Gasteiger partial charge in [0.1, 0.15) is 0 Å². The summed E-state index contributed by atoms with van der Waals surface area (Å²) < 4.78 is 0. The largest absolute Gasteiger partial charge is 0.228 e. The van der Waals surface area contributed by atoms with E-state index in [1.54, 1.807) is 0 Å². The van der Waals surface area contributed by atoms with Gasteiger partial charge >= 0.3 is 0 Å². The molecule has 0 aliphatic heterocycles. The molecule has 2 aliphatic carbocycles. The first-order valence-electron chi connectivity index (χ1n) is 20.7. The van der Waals surface area contributed by atoms with Crippen LogP contribution in [0.25, 0.3) is 89.2 Å². The highest BCUT2D eigenvalue weighted by Crippen LogP contribution is 2.59. The summed E-state index contributed by atoms with van der Waals surface area (Å²) in [5.74, 6) is 0.714. The first-order valence-corrected chi connectivity index (χ1v) is 20.7. The summed E-state index contributed by atoms with van der Waals surface area (Å²) in [4.78, 5) is 10.5. The first kappa shape index (κ1) is 34.4. The number of benzene rings is 8. The van der Waals surface area contributed by atoms with Crippen LogP contribution in [-0.4, -0.2) is 9.97 Å². The van der Waals surface area contributed by atoms with E-state index in [0.29, 0.717) is 5.82 Å². The normalized spacial score (nSPS) is 14.0. The van der Waals surface area contributed by atoms with Crippen molar-refractivity contribution in [3.8, 4) is 78.4 Å². The van der Waals surface area contributed by atoms with Crippen LogP contribution in [0.4, 0.5) is 0 Å². The van der Waals surface area contributed by atoms with Gasteiger partial charge in [-0.05, 0) is 97.4 Å². The average Bonchev–Trinajstić information content (AvgIpc) is 3.56. The highest BCUT2D eigenvalue weighted by molar-refractivity contribution is 6.02. The topological polar surface area (TPSA) is 25.8 Å². The van der Waals surface area contributed by atoms with E-state index in [2.05, 4.69) is 188 Å². The van der Waals surface area contributed by atoms with Crippen LogP contribution in [0.5, 0.6) is 0 Å². The fourth-order valence-corrected chi connectivity index (χ4v) is 9.96. The fourth-order valence-electron chi connectivity index (χ4n) is 9.96. The van der Waals surface area contributed by atoms with Gasteiger partial charge in [-0.15, -0.1) is 0 Å². The molecule has 8 aromatic carbocycles. The molecule has 0 saturated heterocycles. The van der Waals surface area contributed by atoms with Gasteiger partial charge in [-0.25, -0.2) is 9.97 Å². The molecule has 1 aromatic heterocycles. The number of fused-ring (bicyclic) bond motifs is 6. The SMILES string of the molecule is c1ccc(-c2ccc(-c3cc(-c4ccccc4-c4ccccc4-c4cccc5c4-c4cc6ccccc6cc4C54CCCCC4)nc(-c4ccccc4)n3)cc2)cc1. The third kappa shape index (κ3) is 5.79. The Morgan fingerprint density at radius 2 is 0.845 bits per heavy atom. The Morgan fingerprint density at radius 1 is 0.328 bits per heavy atom. The van der Waals surface area contributed by atoms with Crippen LogP contribution in [0, 0.1) is 0 Å². The molecular formula is C56H42N2. The van der Waals surface area contributed by atoms with Gasteiger partial charge in [0.25, 0.3) is 0 Å². The summed E-state index contributed by atoms with van der Waals surface area (Å²) in [6.07, 6.45) is 6.25. The molecule has 0 unspecified atom stereocenters. The quantitative estimate of drug-likeness (QED) is 0.170. The minimum absolute atomic E-state index is 0.0559. The molecule has 11 rings (SSSR count). The van der Waals surface area contributed by atoms with Crippen molar-refractivity contribution in [2.24, 2.45) is 0 Å². The lowest BCUT2D eigenvalue weighted by Crippen LogP contribution is -2.28. The summed E-state index contributed by atoms with van der Waals surface area (Å²) >= 11 is 0. The molecule has 0 bridgehead atoms. The number of aromatic nitrogens is 2. The molecule has 2 heteroatoms. The van der Waals surface area contributed by atoms with Crippen molar-refractivity contribution >= 4 is 10.8 Å². The van der Waals surface area contributed by atoms with Crippen molar-refractivity contribution in [2.45, 2.75) is 37.5 Å². The maximum Gasteiger partial charge on any atom is 0.160 e. The molecular weight excluding hydrogens is 701 g/mol. The predicted octanol–water partition coefficient (Wildman–Crippen LogP) is 14.9. The fraction of sp³-hybridized carbons (Fsp3) is 0.107. The number of rotatable bonds is 6. The maximum atomic E-state index is 5.32. The molecule has 0 amide bonds. The molecule has 1 fully saturated rings. The summed E-state index contributed by atoms with van der Waals surface area (Å²) in [7, 11) is 0. The lowest BCUT2D eigenvalue weighted by Gasteiger charge is -2.36. The van der Waals surface area contributed by atoms with Crippen molar-refractivity contribution in [3.05, 3.63) is 205 Å². The Hall–Kier alpha value is -6.90. The third-order valence-corrected chi connectivity index (χ3v) is 12.7. The molecule has 1 spiro atoms. The van der Waals surface area contributed by atoms with E-state index >= 15 is 0 Å². The van der Waals surface area contributed by atoms with Gasteiger partial charge in [-0.1, -0.05) is 195 Å². The van der Waals surface area contributed by atoms with Crippen molar-refractivity contribution in [1.82, 2.24) is 9.97 Å². The molecule has 0 radical (unpaired) electrons. The lowest BCUT2D eigenvalue weighted by molar-refractivity contribution is 0.353. The third-order valence-electron chi connectivity index (χ3n) is 12.7. The van der Waals surface area contributed by atoms with Gasteiger partial charge in [-0.3, -0.25) is 0 Å². The zero-order chi connectivity index (χ0) is 38.5. The van der Waals surface area contributed by atoms with Crippen LogP contribution < -0.4 is 0 Å². The number of hydrogen-bond acceptors (Lipinski definition) is 2. The highest BCUT2D eigenvalue weighted by Gasteiger charge is 2.45. The van der Waals surface area contributed by atoms with Crippen LogP contribution in [-0.2, 0) is 5.41 Å². The highest BCUT2D eigenvalue weighted by atomic mass is 14.9. The van der Waals surface area contributed by atoms with Gasteiger partial charge in [0, 0.05) is 22.1 Å². The van der Waals surface area contributed by atoms with Gasteiger partial charge < -0.3 is 0 Å². The average molecular weight is 743 g/mol. The number of hydrogen-bond donors (Lipinski definition) is 0. The van der Waals surface area contributed by atoms with Crippen LogP contribution >= 0.6 is 0 Å². The number of nitrogens with zero attached hydrogens (tertiary/aromatic N) is 2. The van der Waals surface area contributed by atoms with Crippen molar-refractivity contribution in [1.29, 1.82) is 0 Å². The zero-order valence-corrected chi connectivity index (χ0v) is 32.4. The van der Waals surface area contributed by atoms with Crippen molar-refractivity contribution < 1.29 is 0 Å². The van der Waals surface area contributed by atoms with E-state index in [1.807, 2.05) is 6.07 Å². The molecule has 276 valence electrons. The Kier molecular flexibility index (Phi) is 8.43. The monoisotopic (exact) mass is 742 g/mol. The van der Waals surface area contributed by atoms with E-state index in [9.17, 15) is 0 Å². The summed E-state index contributed by atoms with van der Waals surface area (Å²) in [6, 6.07) is 70.5. The van der Waals surface area contributed by atoms with Crippen molar-refractivity contribution in [3.63, 3.8) is 0 Å². The second-order valence-corrected chi connectivity index (χ2v) is 16.0. The predicted molar refractivity (Wildman–Crippen MR) is 241 cm³/mol. The molecule has 1 heterocycles. The van der Waals surface area contributed by atoms with E-state index in [1.165, 1.54) is 92.9 Å². The molecule has 2 aliphatic rings. The van der Waals surface area contributed by atoms with E-state index in [4.69, 9.17) is 9.97 Å². The van der Waals surface area contributed by atoms with E-state index in [-0.39, 0.29) is 5.41 Å². The minimum atomic E-state index is 0.0559. The molecule has 58 heavy (non-hydrogen) atoms. The minimum Gasteiger partial charge on any atom is -0.228 e. The van der Waals surface area contributed by atoms with Crippen LogP contribution in [0.1, 0.15) is 43.2 Å². The lowest BCUT2D eigenvalue weighted by atomic mass is 9.67. The van der Waals surface area contributed by atoms with Crippen LogP contribution in [0.15, 0.2) is 194 Å². The standard InChI is InChI=1S/C56H42N2/c1-4-17-38(18-5-1)39-29-31-40(32-30-39)52-37-53(58-55(57-52)41-19-6-2-7-20-41)47-26-13-12-24-45(47)44-23-10-11-25-46(44)48-27-16-28-50-54(48)49-35-42-21-8-9-22-43(42)36-51(49)56(50)33-14-3-15-34-56/h1-2,4-13,16-32,35-37H,3,14-15,33-34H2. The zero-order valence-electron chi connectivity index (χ0n) is 32.4. The van der Waals surface area contributed by atoms with Crippen LogP contribution in [0.3, 0.4) is 0 Å². The molecule has 0 N–H and O–H groups in total. The van der Waals surface area contributed by atoms with E-state index < -0.39 is 0 Å². The summed E-state index contributed by atoms with van der Waals surface area (Å²) in [5, 5.41) is 2.64. The molecule has 0 atom stereocenters. The molecule has 9 aromatic rings. The van der Waals surface area contributed by atoms with Gasteiger partial charge in [0.15, 0.2) is 5.82 Å². The maximum absolute atomic E-state index is 5.32. The smallest absolute Gasteiger partial charge is 0.160 e. The summed E-state index contributed by atoms with van der Waals surface area (Å²) in [5.41, 5.74) is 18.1. The molecule has 2 nitrogen and oxygen atoms in total. The summed E-state index contributed by atoms with van der Waals surface area (Å²) in [6.45, 7) is 0. The van der Waals surface area contributed by atoms with Gasteiger partial charge in [0.05, 0.1) is 11.4 Å². The van der Waals surface area contributed by atoms with E-state index in [0.717, 1.165) is 33.6 Å². The van der Waals surface area contributed by atoms with Gasteiger partial charge in [-0.2, -0.15) is 0 Å². The Balaban J connectivity index is 1.08. The first-order chi connectivity index (χ1) is 28.7.